The molecule has 3 rings (SSSR count). The van der Waals surface area contributed by atoms with Gasteiger partial charge >= 0.3 is 0 Å². The number of nitrogens with two attached hydrogens (primary N) is 1. The molecule has 0 atom stereocenters. The summed E-state index contributed by atoms with van der Waals surface area (Å²) in [6, 6.07) is 16.1. The summed E-state index contributed by atoms with van der Waals surface area (Å²) in [5.74, 6) is -0.231. The number of hydrogen-bond acceptors (Lipinski definition) is 2. The fraction of sp³-hybridized carbons (Fsp3) is 0. The van der Waals surface area contributed by atoms with E-state index >= 15 is 0 Å². The molecule has 0 amide bonds. The van der Waals surface area contributed by atoms with Crippen LogP contribution in [0.15, 0.2) is 54.6 Å². The van der Waals surface area contributed by atoms with Crippen molar-refractivity contribution in [3.63, 3.8) is 0 Å². The maximum atomic E-state index is 12.7. The molecule has 2 nitrogen and oxygen atoms in total. The number of fused-ring (bicyclic) bond motifs is 1. The lowest BCUT2D eigenvalue weighted by Gasteiger charge is -2.09. The van der Waals surface area contributed by atoms with Gasteiger partial charge in [-0.05, 0) is 41.1 Å². The molecule has 0 aliphatic heterocycles. The van der Waals surface area contributed by atoms with Crippen LogP contribution in [-0.2, 0) is 0 Å². The van der Waals surface area contributed by atoms with Crippen LogP contribution in [0.4, 0.5) is 5.69 Å². The molecular weight excluding hydrogens is 305 g/mol. The van der Waals surface area contributed by atoms with Gasteiger partial charge in [-0.2, -0.15) is 0 Å². The fourth-order valence-corrected chi connectivity index (χ4v) is 2.65. The first-order chi connectivity index (χ1) is 10.1. The van der Waals surface area contributed by atoms with E-state index in [1.807, 2.05) is 24.3 Å². The van der Waals surface area contributed by atoms with Crippen molar-refractivity contribution in [1.29, 1.82) is 0 Å². The fourth-order valence-electron chi connectivity index (χ4n) is 2.27. The highest BCUT2D eigenvalue weighted by atomic mass is 35.5. The van der Waals surface area contributed by atoms with E-state index in [2.05, 4.69) is 0 Å². The molecule has 0 unspecified atom stereocenters. The Labute approximate surface area is 132 Å². The number of ketones is 1. The van der Waals surface area contributed by atoms with Crippen molar-refractivity contribution in [1.82, 2.24) is 0 Å². The van der Waals surface area contributed by atoms with Gasteiger partial charge in [-0.15, -0.1) is 0 Å². The van der Waals surface area contributed by atoms with Crippen LogP contribution < -0.4 is 5.73 Å². The molecule has 21 heavy (non-hydrogen) atoms. The summed E-state index contributed by atoms with van der Waals surface area (Å²) < 4.78 is 0. The Morgan fingerprint density at radius 3 is 2.24 bits per heavy atom. The molecule has 2 N–H and O–H groups in total. The van der Waals surface area contributed by atoms with Gasteiger partial charge in [0.05, 0.1) is 5.02 Å². The molecule has 3 aromatic carbocycles. The molecular formula is C17H11Cl2NO. The van der Waals surface area contributed by atoms with E-state index in [-0.39, 0.29) is 5.78 Å². The zero-order chi connectivity index (χ0) is 15.0. The molecule has 0 spiro atoms. The smallest absolute Gasteiger partial charge is 0.196 e. The van der Waals surface area contributed by atoms with E-state index in [4.69, 9.17) is 28.9 Å². The molecule has 0 heterocycles. The molecule has 0 saturated carbocycles. The first kappa shape index (κ1) is 13.9. The molecule has 3 aromatic rings. The van der Waals surface area contributed by atoms with Gasteiger partial charge in [0.25, 0.3) is 0 Å². The predicted octanol–water partition coefficient (Wildman–Crippen LogP) is 4.96. The van der Waals surface area contributed by atoms with E-state index in [1.165, 1.54) is 0 Å². The molecule has 0 aliphatic carbocycles. The minimum atomic E-state index is -0.231. The minimum Gasteiger partial charge on any atom is -0.398 e. The lowest BCUT2D eigenvalue weighted by molar-refractivity contribution is 0.104. The Balaban J connectivity index is 2.17. The van der Waals surface area contributed by atoms with Crippen LogP contribution in [-0.4, -0.2) is 5.78 Å². The van der Waals surface area contributed by atoms with Crippen molar-refractivity contribution >= 4 is 45.4 Å². The highest BCUT2D eigenvalue weighted by Crippen LogP contribution is 2.28. The summed E-state index contributed by atoms with van der Waals surface area (Å²) in [7, 11) is 0. The zero-order valence-electron chi connectivity index (χ0n) is 10.9. The highest BCUT2D eigenvalue weighted by Gasteiger charge is 2.16. The normalized spacial score (nSPS) is 10.8. The Morgan fingerprint density at radius 2 is 1.52 bits per heavy atom. The standard InChI is InChI=1S/C17H11Cl2NO/c18-12-5-6-15(19)13(9-12)17(21)14-7-10-3-1-2-4-11(10)8-16(14)20/h1-9H,20H2. The van der Waals surface area contributed by atoms with Crippen LogP contribution in [0, 0.1) is 0 Å². The first-order valence-corrected chi connectivity index (χ1v) is 7.10. The van der Waals surface area contributed by atoms with Gasteiger partial charge in [-0.1, -0.05) is 47.5 Å². The summed E-state index contributed by atoms with van der Waals surface area (Å²) in [5.41, 5.74) is 7.22. The van der Waals surface area contributed by atoms with E-state index in [0.717, 1.165) is 10.8 Å². The van der Waals surface area contributed by atoms with Crippen molar-refractivity contribution < 1.29 is 4.79 Å². The Bertz CT molecular complexity index is 859. The van der Waals surface area contributed by atoms with Gasteiger partial charge in [0.2, 0.25) is 0 Å². The molecule has 4 heteroatoms. The van der Waals surface area contributed by atoms with E-state index in [0.29, 0.717) is 26.9 Å². The van der Waals surface area contributed by atoms with E-state index < -0.39 is 0 Å². The number of anilines is 1. The topological polar surface area (TPSA) is 43.1 Å². The summed E-state index contributed by atoms with van der Waals surface area (Å²) in [6.45, 7) is 0. The van der Waals surface area contributed by atoms with Crippen molar-refractivity contribution in [2.24, 2.45) is 0 Å². The van der Waals surface area contributed by atoms with Gasteiger partial charge in [-0.25, -0.2) is 0 Å². The van der Waals surface area contributed by atoms with E-state index in [9.17, 15) is 4.79 Å². The molecule has 0 aliphatic rings. The van der Waals surface area contributed by atoms with Crippen LogP contribution >= 0.6 is 23.2 Å². The minimum absolute atomic E-state index is 0.231. The third kappa shape index (κ3) is 2.60. The number of rotatable bonds is 2. The second-order valence-electron chi connectivity index (χ2n) is 4.74. The Morgan fingerprint density at radius 1 is 0.857 bits per heavy atom. The zero-order valence-corrected chi connectivity index (χ0v) is 12.4. The van der Waals surface area contributed by atoms with Crippen molar-refractivity contribution in [3.05, 3.63) is 75.8 Å². The maximum Gasteiger partial charge on any atom is 0.196 e. The predicted molar refractivity (Wildman–Crippen MR) is 88.3 cm³/mol. The van der Waals surface area contributed by atoms with Crippen molar-refractivity contribution in [2.45, 2.75) is 0 Å². The third-order valence-corrected chi connectivity index (χ3v) is 3.90. The molecule has 0 saturated heterocycles. The summed E-state index contributed by atoms with van der Waals surface area (Å²) in [5, 5.41) is 2.76. The number of halogens is 2. The van der Waals surface area contributed by atoms with Crippen molar-refractivity contribution in [3.8, 4) is 0 Å². The maximum absolute atomic E-state index is 12.7. The Hall–Kier alpha value is -2.03. The van der Waals surface area contributed by atoms with Crippen LogP contribution in [0.1, 0.15) is 15.9 Å². The van der Waals surface area contributed by atoms with Gasteiger partial charge in [0.1, 0.15) is 0 Å². The third-order valence-electron chi connectivity index (χ3n) is 3.34. The van der Waals surface area contributed by atoms with Gasteiger partial charge in [-0.3, -0.25) is 4.79 Å². The number of hydrogen-bond donors (Lipinski definition) is 1. The highest BCUT2D eigenvalue weighted by molar-refractivity contribution is 6.37. The number of carbonyl (C=O) groups excluding carboxylic acids is 1. The number of nitrogen functional groups attached to an aromatic ring is 1. The van der Waals surface area contributed by atoms with Crippen molar-refractivity contribution in [2.75, 3.05) is 5.73 Å². The van der Waals surface area contributed by atoms with E-state index in [1.54, 1.807) is 30.3 Å². The average molecular weight is 316 g/mol. The van der Waals surface area contributed by atoms with Crippen LogP contribution in [0.5, 0.6) is 0 Å². The number of benzene rings is 3. The quantitative estimate of drug-likeness (QED) is 0.536. The number of carbonyl (C=O) groups is 1. The van der Waals surface area contributed by atoms with Crippen LogP contribution in [0.3, 0.4) is 0 Å². The van der Waals surface area contributed by atoms with Gasteiger partial charge < -0.3 is 5.73 Å². The molecule has 0 bridgehead atoms. The second-order valence-corrected chi connectivity index (χ2v) is 5.58. The van der Waals surface area contributed by atoms with Crippen LogP contribution in [0.25, 0.3) is 10.8 Å². The molecule has 0 fully saturated rings. The lowest BCUT2D eigenvalue weighted by atomic mass is 9.98. The van der Waals surface area contributed by atoms with Crippen LogP contribution in [0.2, 0.25) is 10.0 Å². The summed E-state index contributed by atoms with van der Waals surface area (Å²) >= 11 is 12.0. The van der Waals surface area contributed by atoms with Gasteiger partial charge in [0, 0.05) is 21.8 Å². The first-order valence-electron chi connectivity index (χ1n) is 6.34. The summed E-state index contributed by atoms with van der Waals surface area (Å²) in [6.07, 6.45) is 0. The second kappa shape index (κ2) is 5.40. The monoisotopic (exact) mass is 315 g/mol. The molecule has 0 radical (unpaired) electrons. The largest absolute Gasteiger partial charge is 0.398 e. The Kier molecular flexibility index (Phi) is 3.58. The SMILES string of the molecule is Nc1cc2ccccc2cc1C(=O)c1cc(Cl)ccc1Cl. The average Bonchev–Trinajstić information content (AvgIpc) is 2.48. The van der Waals surface area contributed by atoms with Gasteiger partial charge in [0.15, 0.2) is 5.78 Å². The lowest BCUT2D eigenvalue weighted by Crippen LogP contribution is -2.06. The molecule has 0 aromatic heterocycles. The molecule has 104 valence electrons. The summed E-state index contributed by atoms with van der Waals surface area (Å²) in [4.78, 5) is 12.7.